The summed E-state index contributed by atoms with van der Waals surface area (Å²) in [7, 11) is 0. The van der Waals surface area contributed by atoms with Gasteiger partial charge in [-0.25, -0.2) is 4.39 Å². The third-order valence-electron chi connectivity index (χ3n) is 1.95. The summed E-state index contributed by atoms with van der Waals surface area (Å²) in [5.41, 5.74) is 0. The smallest absolute Gasteiger partial charge is 0.133 e. The first-order chi connectivity index (χ1) is 7.24. The molecule has 0 bridgehead atoms. The van der Waals surface area contributed by atoms with Crippen molar-refractivity contribution in [3.05, 3.63) is 28.5 Å². The van der Waals surface area contributed by atoms with Gasteiger partial charge in [0.2, 0.25) is 0 Å². The highest BCUT2D eigenvalue weighted by Gasteiger charge is 2.01. The minimum Gasteiger partial charge on any atom is -0.492 e. The van der Waals surface area contributed by atoms with Crippen molar-refractivity contribution in [1.82, 2.24) is 0 Å². The lowest BCUT2D eigenvalue weighted by atomic mass is 10.2. The zero-order chi connectivity index (χ0) is 11.1. The second kappa shape index (κ2) is 6.80. The highest BCUT2D eigenvalue weighted by atomic mass is 79.9. The third kappa shape index (κ3) is 4.62. The monoisotopic (exact) mass is 276 g/mol. The summed E-state index contributed by atoms with van der Waals surface area (Å²) in [4.78, 5) is 0. The van der Waals surface area contributed by atoms with Gasteiger partial charge < -0.3 is 9.84 Å². The molecule has 0 amide bonds. The van der Waals surface area contributed by atoms with E-state index in [0.717, 1.165) is 19.3 Å². The van der Waals surface area contributed by atoms with Crippen molar-refractivity contribution < 1.29 is 14.2 Å². The first-order valence-corrected chi connectivity index (χ1v) is 5.72. The molecule has 0 aliphatic heterocycles. The van der Waals surface area contributed by atoms with Gasteiger partial charge >= 0.3 is 0 Å². The van der Waals surface area contributed by atoms with Crippen molar-refractivity contribution in [3.63, 3.8) is 0 Å². The van der Waals surface area contributed by atoms with Gasteiger partial charge in [-0.05, 0) is 53.4 Å². The summed E-state index contributed by atoms with van der Waals surface area (Å²) in [5, 5.41) is 8.57. The summed E-state index contributed by atoms with van der Waals surface area (Å²) in [5.74, 6) is 0.370. The highest BCUT2D eigenvalue weighted by Crippen LogP contribution is 2.25. The Morgan fingerprint density at radius 1 is 1.27 bits per heavy atom. The van der Waals surface area contributed by atoms with Gasteiger partial charge in [-0.2, -0.15) is 0 Å². The molecule has 0 atom stereocenters. The first-order valence-electron chi connectivity index (χ1n) is 4.93. The molecule has 0 aliphatic carbocycles. The van der Waals surface area contributed by atoms with E-state index in [-0.39, 0.29) is 12.4 Å². The number of hydrogen-bond donors (Lipinski definition) is 1. The molecule has 0 aliphatic rings. The van der Waals surface area contributed by atoms with Gasteiger partial charge in [0.1, 0.15) is 11.6 Å². The normalized spacial score (nSPS) is 10.3. The number of halogens is 2. The van der Waals surface area contributed by atoms with Gasteiger partial charge in [-0.3, -0.25) is 0 Å². The lowest BCUT2D eigenvalue weighted by molar-refractivity contribution is 0.265. The van der Waals surface area contributed by atoms with Crippen LogP contribution in [-0.2, 0) is 0 Å². The number of aliphatic hydroxyl groups is 1. The van der Waals surface area contributed by atoms with Gasteiger partial charge in [0.25, 0.3) is 0 Å². The molecule has 1 rings (SSSR count). The lowest BCUT2D eigenvalue weighted by Crippen LogP contribution is -1.98. The maximum atomic E-state index is 12.7. The SMILES string of the molecule is OCCCCCOc1ccc(F)cc1Br. The largest absolute Gasteiger partial charge is 0.492 e. The van der Waals surface area contributed by atoms with Crippen LogP contribution >= 0.6 is 15.9 Å². The minimum atomic E-state index is -0.283. The van der Waals surface area contributed by atoms with Crippen molar-refractivity contribution in [2.45, 2.75) is 19.3 Å². The Balaban J connectivity index is 2.31. The number of hydrogen-bond acceptors (Lipinski definition) is 2. The zero-order valence-electron chi connectivity index (χ0n) is 8.38. The third-order valence-corrected chi connectivity index (χ3v) is 2.57. The molecule has 0 radical (unpaired) electrons. The molecule has 1 N–H and O–H groups in total. The van der Waals surface area contributed by atoms with Gasteiger partial charge in [-0.1, -0.05) is 0 Å². The second-order valence-corrected chi connectivity index (χ2v) is 4.06. The molecule has 0 saturated carbocycles. The van der Waals surface area contributed by atoms with Crippen LogP contribution in [0.25, 0.3) is 0 Å². The molecule has 0 spiro atoms. The van der Waals surface area contributed by atoms with Crippen LogP contribution in [0.2, 0.25) is 0 Å². The predicted molar refractivity (Wildman–Crippen MR) is 60.5 cm³/mol. The number of unbranched alkanes of at least 4 members (excludes halogenated alkanes) is 2. The van der Waals surface area contributed by atoms with Crippen molar-refractivity contribution >= 4 is 15.9 Å². The summed E-state index contributed by atoms with van der Waals surface area (Å²) in [6, 6.07) is 4.35. The van der Waals surface area contributed by atoms with Crippen molar-refractivity contribution in [1.29, 1.82) is 0 Å². The molecule has 2 nitrogen and oxygen atoms in total. The van der Waals surface area contributed by atoms with E-state index in [9.17, 15) is 4.39 Å². The summed E-state index contributed by atoms with van der Waals surface area (Å²) < 4.78 is 18.8. The van der Waals surface area contributed by atoms with E-state index in [4.69, 9.17) is 9.84 Å². The number of aliphatic hydroxyl groups excluding tert-OH is 1. The maximum absolute atomic E-state index is 12.7. The van der Waals surface area contributed by atoms with E-state index in [1.54, 1.807) is 6.07 Å². The van der Waals surface area contributed by atoms with E-state index >= 15 is 0 Å². The fraction of sp³-hybridized carbons (Fsp3) is 0.455. The number of ether oxygens (including phenoxy) is 1. The van der Waals surface area contributed by atoms with Crippen LogP contribution in [-0.4, -0.2) is 18.3 Å². The van der Waals surface area contributed by atoms with Crippen molar-refractivity contribution in [2.75, 3.05) is 13.2 Å². The number of benzene rings is 1. The molecule has 0 saturated heterocycles. The van der Waals surface area contributed by atoms with E-state index < -0.39 is 0 Å². The lowest BCUT2D eigenvalue weighted by Gasteiger charge is -2.07. The second-order valence-electron chi connectivity index (χ2n) is 3.21. The fourth-order valence-corrected chi connectivity index (χ4v) is 1.63. The highest BCUT2D eigenvalue weighted by molar-refractivity contribution is 9.10. The average Bonchev–Trinajstić information content (AvgIpc) is 2.20. The van der Waals surface area contributed by atoms with Gasteiger partial charge in [0, 0.05) is 6.61 Å². The standard InChI is InChI=1S/C11H14BrFO2/c12-10-8-9(13)4-5-11(10)15-7-3-1-2-6-14/h4-5,8,14H,1-3,6-7H2. The Kier molecular flexibility index (Phi) is 5.65. The molecule has 1 aromatic rings. The molecule has 0 unspecified atom stereocenters. The fourth-order valence-electron chi connectivity index (χ4n) is 1.17. The quantitative estimate of drug-likeness (QED) is 0.809. The Morgan fingerprint density at radius 2 is 2.07 bits per heavy atom. The molecule has 4 heteroatoms. The Bertz CT molecular complexity index is 305. The summed E-state index contributed by atoms with van der Waals surface area (Å²) in [6.45, 7) is 0.810. The van der Waals surface area contributed by atoms with Crippen molar-refractivity contribution in [3.8, 4) is 5.75 Å². The van der Waals surface area contributed by atoms with Crippen LogP contribution in [0, 0.1) is 5.82 Å². The van der Waals surface area contributed by atoms with Crippen LogP contribution in [0.4, 0.5) is 4.39 Å². The van der Waals surface area contributed by atoms with E-state index in [1.807, 2.05) is 0 Å². The molecule has 84 valence electrons. The topological polar surface area (TPSA) is 29.5 Å². The molecule has 15 heavy (non-hydrogen) atoms. The van der Waals surface area contributed by atoms with E-state index in [0.29, 0.717) is 16.8 Å². The average molecular weight is 277 g/mol. The van der Waals surface area contributed by atoms with Crippen LogP contribution in [0.15, 0.2) is 22.7 Å². The van der Waals surface area contributed by atoms with Crippen molar-refractivity contribution in [2.24, 2.45) is 0 Å². The van der Waals surface area contributed by atoms with Gasteiger partial charge in [-0.15, -0.1) is 0 Å². The van der Waals surface area contributed by atoms with Crippen LogP contribution in [0.1, 0.15) is 19.3 Å². The summed E-state index contributed by atoms with van der Waals surface area (Å²) >= 11 is 3.22. The Labute approximate surface area is 97.2 Å². The Hall–Kier alpha value is -0.610. The maximum Gasteiger partial charge on any atom is 0.133 e. The molecule has 0 fully saturated rings. The van der Waals surface area contributed by atoms with E-state index in [2.05, 4.69) is 15.9 Å². The van der Waals surface area contributed by atoms with Gasteiger partial charge in [0.15, 0.2) is 0 Å². The molecule has 0 heterocycles. The molecule has 1 aromatic carbocycles. The predicted octanol–water partition coefficient (Wildman–Crippen LogP) is 3.13. The molecule has 0 aromatic heterocycles. The number of rotatable bonds is 6. The van der Waals surface area contributed by atoms with Crippen LogP contribution in [0.3, 0.4) is 0 Å². The minimum absolute atomic E-state index is 0.222. The van der Waals surface area contributed by atoms with Gasteiger partial charge in [0.05, 0.1) is 11.1 Å². The molecular weight excluding hydrogens is 263 g/mol. The van der Waals surface area contributed by atoms with E-state index in [1.165, 1.54) is 12.1 Å². The van der Waals surface area contributed by atoms with Crippen LogP contribution in [0.5, 0.6) is 5.75 Å². The Morgan fingerprint density at radius 3 is 2.73 bits per heavy atom. The summed E-state index contributed by atoms with van der Waals surface area (Å²) in [6.07, 6.45) is 2.63. The first kappa shape index (κ1) is 12.5. The van der Waals surface area contributed by atoms with Crippen LogP contribution < -0.4 is 4.74 Å². The molecular formula is C11H14BrFO2. The zero-order valence-corrected chi connectivity index (χ0v) is 9.96.